The smallest absolute Gasteiger partial charge is 0.127 e. The van der Waals surface area contributed by atoms with E-state index in [1.807, 2.05) is 55.6 Å². The van der Waals surface area contributed by atoms with Crippen LogP contribution in [0.25, 0.3) is 0 Å². The molecule has 0 saturated heterocycles. The van der Waals surface area contributed by atoms with E-state index in [4.69, 9.17) is 9.47 Å². The zero-order valence-corrected chi connectivity index (χ0v) is 14.6. The summed E-state index contributed by atoms with van der Waals surface area (Å²) in [6, 6.07) is 15.4. The van der Waals surface area contributed by atoms with E-state index in [9.17, 15) is 4.21 Å². The van der Waals surface area contributed by atoms with Gasteiger partial charge in [-0.05, 0) is 25.2 Å². The standard InChI is InChI=1S/C18H23NO3S/c1-19(11-12-23(20)17-7-5-4-6-8-17)14-15-9-10-16(21-2)13-18(15)22-3/h4-10,13H,11-12,14H2,1-3H3. The zero-order valence-electron chi connectivity index (χ0n) is 13.8. The van der Waals surface area contributed by atoms with Gasteiger partial charge in [0.15, 0.2) is 0 Å². The highest BCUT2D eigenvalue weighted by atomic mass is 32.2. The van der Waals surface area contributed by atoms with Gasteiger partial charge in [0.05, 0.1) is 25.0 Å². The van der Waals surface area contributed by atoms with Crippen molar-refractivity contribution in [3.8, 4) is 11.5 Å². The Morgan fingerprint density at radius 3 is 2.43 bits per heavy atom. The van der Waals surface area contributed by atoms with Crippen LogP contribution >= 0.6 is 0 Å². The lowest BCUT2D eigenvalue weighted by Gasteiger charge is -2.18. The lowest BCUT2D eigenvalue weighted by atomic mass is 10.2. The van der Waals surface area contributed by atoms with Crippen LogP contribution in [0.15, 0.2) is 53.4 Å². The summed E-state index contributed by atoms with van der Waals surface area (Å²) in [6.45, 7) is 1.48. The molecule has 0 radical (unpaired) electrons. The molecule has 0 aliphatic rings. The molecule has 2 rings (SSSR count). The zero-order chi connectivity index (χ0) is 16.7. The predicted octanol–water partition coefficient (Wildman–Crippen LogP) is 2.94. The first kappa shape index (κ1) is 17.5. The normalized spacial score (nSPS) is 12.2. The van der Waals surface area contributed by atoms with Gasteiger partial charge in [0.1, 0.15) is 11.5 Å². The van der Waals surface area contributed by atoms with Crippen LogP contribution in [0.5, 0.6) is 11.5 Å². The SMILES string of the molecule is COc1ccc(CN(C)CCS(=O)c2ccccc2)c(OC)c1. The molecular weight excluding hydrogens is 310 g/mol. The van der Waals surface area contributed by atoms with Gasteiger partial charge in [-0.3, -0.25) is 4.21 Å². The van der Waals surface area contributed by atoms with Crippen LogP contribution in [0.4, 0.5) is 0 Å². The van der Waals surface area contributed by atoms with E-state index < -0.39 is 10.8 Å². The van der Waals surface area contributed by atoms with Gasteiger partial charge in [0.25, 0.3) is 0 Å². The van der Waals surface area contributed by atoms with Gasteiger partial charge in [0, 0.05) is 35.4 Å². The molecule has 1 unspecified atom stereocenters. The summed E-state index contributed by atoms with van der Waals surface area (Å²) in [4.78, 5) is 3.02. The maximum atomic E-state index is 12.3. The lowest BCUT2D eigenvalue weighted by molar-refractivity contribution is 0.333. The summed E-state index contributed by atoms with van der Waals surface area (Å²) in [5.41, 5.74) is 1.08. The highest BCUT2D eigenvalue weighted by Crippen LogP contribution is 2.25. The van der Waals surface area contributed by atoms with Gasteiger partial charge >= 0.3 is 0 Å². The number of methoxy groups -OCH3 is 2. The third-order valence-corrected chi connectivity index (χ3v) is 4.95. The monoisotopic (exact) mass is 333 g/mol. The van der Waals surface area contributed by atoms with Crippen molar-refractivity contribution in [2.24, 2.45) is 0 Å². The Bertz CT molecular complexity index is 646. The molecule has 23 heavy (non-hydrogen) atoms. The minimum absolute atomic E-state index is 0.610. The van der Waals surface area contributed by atoms with Crippen molar-refractivity contribution in [2.45, 2.75) is 11.4 Å². The molecule has 0 aliphatic carbocycles. The van der Waals surface area contributed by atoms with Gasteiger partial charge < -0.3 is 14.4 Å². The maximum absolute atomic E-state index is 12.3. The second-order valence-corrected chi connectivity index (χ2v) is 6.85. The Kier molecular flexibility index (Phi) is 6.62. The van der Waals surface area contributed by atoms with Crippen LogP contribution < -0.4 is 9.47 Å². The number of rotatable bonds is 8. The Balaban J connectivity index is 1.92. The molecule has 0 spiro atoms. The van der Waals surface area contributed by atoms with E-state index in [1.54, 1.807) is 14.2 Å². The Morgan fingerprint density at radius 2 is 1.78 bits per heavy atom. The third kappa shape index (κ3) is 5.08. The van der Waals surface area contributed by atoms with Crippen molar-refractivity contribution < 1.29 is 13.7 Å². The molecule has 0 saturated carbocycles. The second kappa shape index (κ2) is 8.70. The van der Waals surface area contributed by atoms with E-state index in [0.717, 1.165) is 35.0 Å². The van der Waals surface area contributed by atoms with Crippen LogP contribution in [0.1, 0.15) is 5.56 Å². The average Bonchev–Trinajstić information content (AvgIpc) is 2.60. The summed E-state index contributed by atoms with van der Waals surface area (Å²) >= 11 is 0. The quantitative estimate of drug-likeness (QED) is 0.744. The summed E-state index contributed by atoms with van der Waals surface area (Å²) in [5.74, 6) is 2.19. The van der Waals surface area contributed by atoms with Crippen molar-refractivity contribution in [1.29, 1.82) is 0 Å². The van der Waals surface area contributed by atoms with E-state index in [0.29, 0.717) is 5.75 Å². The second-order valence-electron chi connectivity index (χ2n) is 5.28. The number of ether oxygens (including phenoxy) is 2. The topological polar surface area (TPSA) is 38.8 Å². The maximum Gasteiger partial charge on any atom is 0.127 e. The van der Waals surface area contributed by atoms with Gasteiger partial charge in [-0.2, -0.15) is 0 Å². The summed E-state index contributed by atoms with van der Waals surface area (Å²) in [5, 5.41) is 0. The van der Waals surface area contributed by atoms with Gasteiger partial charge in [-0.15, -0.1) is 0 Å². The molecule has 2 aromatic rings. The number of benzene rings is 2. The predicted molar refractivity (Wildman–Crippen MR) is 93.6 cm³/mol. The van der Waals surface area contributed by atoms with Gasteiger partial charge in [-0.25, -0.2) is 0 Å². The molecule has 0 bridgehead atoms. The molecule has 2 aromatic carbocycles. The molecule has 0 N–H and O–H groups in total. The van der Waals surface area contributed by atoms with Crippen LogP contribution in [0, 0.1) is 0 Å². The molecular formula is C18H23NO3S. The Morgan fingerprint density at radius 1 is 1.04 bits per heavy atom. The molecule has 0 aromatic heterocycles. The van der Waals surface area contributed by atoms with E-state index in [-0.39, 0.29) is 0 Å². The fraction of sp³-hybridized carbons (Fsp3) is 0.333. The minimum atomic E-state index is -0.967. The lowest BCUT2D eigenvalue weighted by Crippen LogP contribution is -2.23. The van der Waals surface area contributed by atoms with Crippen LogP contribution in [0.2, 0.25) is 0 Å². The Labute approximate surface area is 140 Å². The van der Waals surface area contributed by atoms with Gasteiger partial charge in [0.2, 0.25) is 0 Å². The number of hydrogen-bond donors (Lipinski definition) is 0. The number of nitrogens with zero attached hydrogens (tertiary/aromatic N) is 1. The van der Waals surface area contributed by atoms with E-state index >= 15 is 0 Å². The molecule has 0 fully saturated rings. The largest absolute Gasteiger partial charge is 0.497 e. The first-order valence-electron chi connectivity index (χ1n) is 7.47. The molecule has 5 heteroatoms. The van der Waals surface area contributed by atoms with Crippen molar-refractivity contribution in [3.63, 3.8) is 0 Å². The van der Waals surface area contributed by atoms with Crippen molar-refractivity contribution >= 4 is 10.8 Å². The van der Waals surface area contributed by atoms with Crippen LogP contribution in [0.3, 0.4) is 0 Å². The fourth-order valence-electron chi connectivity index (χ4n) is 2.28. The van der Waals surface area contributed by atoms with Crippen LogP contribution in [-0.4, -0.2) is 42.7 Å². The van der Waals surface area contributed by atoms with Gasteiger partial charge in [-0.1, -0.05) is 24.3 Å². The summed E-state index contributed by atoms with van der Waals surface area (Å²) in [6.07, 6.45) is 0. The Hall–Kier alpha value is -1.85. The molecule has 1 atom stereocenters. The average molecular weight is 333 g/mol. The summed E-state index contributed by atoms with van der Waals surface area (Å²) < 4.78 is 22.9. The molecule has 4 nitrogen and oxygen atoms in total. The minimum Gasteiger partial charge on any atom is -0.497 e. The van der Waals surface area contributed by atoms with Crippen LogP contribution in [-0.2, 0) is 17.3 Å². The third-order valence-electron chi connectivity index (χ3n) is 3.60. The highest BCUT2D eigenvalue weighted by Gasteiger charge is 2.10. The van der Waals surface area contributed by atoms with E-state index in [2.05, 4.69) is 4.90 Å². The van der Waals surface area contributed by atoms with Crippen molar-refractivity contribution in [2.75, 3.05) is 33.6 Å². The highest BCUT2D eigenvalue weighted by molar-refractivity contribution is 7.85. The fourth-order valence-corrected chi connectivity index (χ4v) is 3.46. The number of hydrogen-bond acceptors (Lipinski definition) is 4. The van der Waals surface area contributed by atoms with Crippen molar-refractivity contribution in [3.05, 3.63) is 54.1 Å². The molecule has 0 heterocycles. The molecule has 124 valence electrons. The first-order valence-corrected chi connectivity index (χ1v) is 8.79. The summed E-state index contributed by atoms with van der Waals surface area (Å²) in [7, 11) is 4.35. The molecule has 0 aliphatic heterocycles. The first-order chi connectivity index (χ1) is 11.1. The molecule has 0 amide bonds. The van der Waals surface area contributed by atoms with E-state index in [1.165, 1.54) is 0 Å². The van der Waals surface area contributed by atoms with Crippen molar-refractivity contribution in [1.82, 2.24) is 4.90 Å².